The molecule has 0 aliphatic rings. The number of nitrogens with one attached hydrogen (secondary N) is 1. The number of aromatic hydroxyl groups is 1. The van der Waals surface area contributed by atoms with E-state index in [1.54, 1.807) is 0 Å². The van der Waals surface area contributed by atoms with Gasteiger partial charge in [-0.15, -0.1) is 0 Å². The summed E-state index contributed by atoms with van der Waals surface area (Å²) in [5.41, 5.74) is 7.50. The van der Waals surface area contributed by atoms with Crippen molar-refractivity contribution < 1.29 is 9.90 Å². The maximum Gasteiger partial charge on any atom is 0.332 e. The van der Waals surface area contributed by atoms with Gasteiger partial charge in [0.2, 0.25) is 0 Å². The molecule has 0 radical (unpaired) electrons. The number of hydrogen-bond donors (Lipinski definition) is 3. The van der Waals surface area contributed by atoms with Crippen LogP contribution in [0.5, 0.6) is 5.75 Å². The maximum absolute atomic E-state index is 10.5. The highest BCUT2D eigenvalue weighted by atomic mass is 79.9. The zero-order chi connectivity index (χ0) is 13.1. The topological polar surface area (TPSA) is 87.7 Å². The molecule has 2 rings (SSSR count). The lowest BCUT2D eigenvalue weighted by atomic mass is 10.0. The van der Waals surface area contributed by atoms with Crippen molar-refractivity contribution in [2.24, 2.45) is 10.8 Å². The molecule has 5 nitrogen and oxygen atoms in total. The van der Waals surface area contributed by atoms with Gasteiger partial charge >= 0.3 is 6.03 Å². The molecule has 2 aromatic rings. The third-order valence-corrected chi connectivity index (χ3v) is 2.99. The zero-order valence-corrected chi connectivity index (χ0v) is 10.8. The third kappa shape index (κ3) is 2.43. The Morgan fingerprint density at radius 1 is 1.44 bits per heavy atom. The standard InChI is InChI=1S/C12H10BrN3O2/c13-10-5-7-3-1-2-4-8(7)9(11(10)17)6-15-16-12(14)18/h1-6,17H,(H3,14,16,18)/b15-6-. The van der Waals surface area contributed by atoms with E-state index >= 15 is 0 Å². The van der Waals surface area contributed by atoms with Gasteiger partial charge in [0.1, 0.15) is 5.75 Å². The lowest BCUT2D eigenvalue weighted by molar-refractivity contribution is 0.249. The molecule has 6 heteroatoms. The molecule has 0 saturated heterocycles. The number of halogens is 1. The first-order valence-corrected chi connectivity index (χ1v) is 5.87. The van der Waals surface area contributed by atoms with Crippen LogP contribution < -0.4 is 11.2 Å². The highest BCUT2D eigenvalue weighted by Gasteiger charge is 2.09. The van der Waals surface area contributed by atoms with Crippen molar-refractivity contribution in [3.05, 3.63) is 40.4 Å². The van der Waals surface area contributed by atoms with Gasteiger partial charge in [0, 0.05) is 5.56 Å². The van der Waals surface area contributed by atoms with Crippen molar-refractivity contribution in [2.75, 3.05) is 0 Å². The van der Waals surface area contributed by atoms with Crippen LogP contribution in [0.3, 0.4) is 0 Å². The first kappa shape index (κ1) is 12.4. The number of amides is 2. The molecule has 0 saturated carbocycles. The van der Waals surface area contributed by atoms with Gasteiger partial charge in [0.05, 0.1) is 10.7 Å². The van der Waals surface area contributed by atoms with Gasteiger partial charge < -0.3 is 10.8 Å². The monoisotopic (exact) mass is 307 g/mol. The molecule has 92 valence electrons. The Labute approximate surface area is 111 Å². The van der Waals surface area contributed by atoms with Crippen molar-refractivity contribution >= 4 is 38.9 Å². The van der Waals surface area contributed by atoms with Crippen LogP contribution in [0.2, 0.25) is 0 Å². The number of hydrogen-bond acceptors (Lipinski definition) is 3. The van der Waals surface area contributed by atoms with Crippen LogP contribution in [0, 0.1) is 0 Å². The number of hydrazone groups is 1. The zero-order valence-electron chi connectivity index (χ0n) is 9.22. The van der Waals surface area contributed by atoms with E-state index in [1.165, 1.54) is 6.21 Å². The van der Waals surface area contributed by atoms with E-state index in [0.29, 0.717) is 10.0 Å². The Hall–Kier alpha value is -2.08. The van der Waals surface area contributed by atoms with E-state index in [9.17, 15) is 9.90 Å². The van der Waals surface area contributed by atoms with Gasteiger partial charge in [0.15, 0.2) is 0 Å². The minimum atomic E-state index is -0.759. The van der Waals surface area contributed by atoms with Gasteiger partial charge in [-0.05, 0) is 32.8 Å². The number of fused-ring (bicyclic) bond motifs is 1. The van der Waals surface area contributed by atoms with Crippen molar-refractivity contribution in [1.29, 1.82) is 0 Å². The van der Waals surface area contributed by atoms with Crippen LogP contribution in [0.25, 0.3) is 10.8 Å². The van der Waals surface area contributed by atoms with E-state index in [4.69, 9.17) is 5.73 Å². The van der Waals surface area contributed by atoms with Crippen LogP contribution >= 0.6 is 15.9 Å². The quantitative estimate of drug-likeness (QED) is 0.587. The lowest BCUT2D eigenvalue weighted by Crippen LogP contribution is -2.24. The Kier molecular flexibility index (Phi) is 3.47. The number of benzene rings is 2. The van der Waals surface area contributed by atoms with E-state index in [2.05, 4.69) is 26.5 Å². The second-order valence-electron chi connectivity index (χ2n) is 3.58. The van der Waals surface area contributed by atoms with Gasteiger partial charge in [-0.3, -0.25) is 0 Å². The summed E-state index contributed by atoms with van der Waals surface area (Å²) in [6.45, 7) is 0. The predicted molar refractivity (Wildman–Crippen MR) is 73.6 cm³/mol. The average molecular weight is 308 g/mol. The molecular formula is C12H10BrN3O2. The molecule has 0 atom stereocenters. The van der Waals surface area contributed by atoms with E-state index in [-0.39, 0.29) is 5.75 Å². The van der Waals surface area contributed by atoms with Crippen LogP contribution in [0.4, 0.5) is 4.79 Å². The van der Waals surface area contributed by atoms with Crippen LogP contribution in [-0.4, -0.2) is 17.4 Å². The van der Waals surface area contributed by atoms with Crippen molar-refractivity contribution in [2.45, 2.75) is 0 Å². The predicted octanol–water partition coefficient (Wildman–Crippen LogP) is 2.31. The fourth-order valence-electron chi connectivity index (χ4n) is 1.62. The minimum absolute atomic E-state index is 0.0590. The smallest absolute Gasteiger partial charge is 0.332 e. The highest BCUT2D eigenvalue weighted by molar-refractivity contribution is 9.10. The molecule has 0 spiro atoms. The number of rotatable bonds is 2. The van der Waals surface area contributed by atoms with Crippen molar-refractivity contribution in [3.63, 3.8) is 0 Å². The van der Waals surface area contributed by atoms with Crippen molar-refractivity contribution in [3.8, 4) is 5.75 Å². The van der Waals surface area contributed by atoms with E-state index < -0.39 is 6.03 Å². The summed E-state index contributed by atoms with van der Waals surface area (Å²) in [5, 5.41) is 15.4. The first-order valence-electron chi connectivity index (χ1n) is 5.08. The lowest BCUT2D eigenvalue weighted by Gasteiger charge is -2.07. The molecule has 18 heavy (non-hydrogen) atoms. The summed E-state index contributed by atoms with van der Waals surface area (Å²) in [6, 6.07) is 8.57. The second kappa shape index (κ2) is 5.05. The second-order valence-corrected chi connectivity index (χ2v) is 4.43. The molecular weight excluding hydrogens is 298 g/mol. The molecule has 0 unspecified atom stereocenters. The number of phenols is 1. The minimum Gasteiger partial charge on any atom is -0.506 e. The maximum atomic E-state index is 10.5. The number of nitrogens with zero attached hydrogens (tertiary/aromatic N) is 1. The molecule has 4 N–H and O–H groups in total. The average Bonchev–Trinajstić information content (AvgIpc) is 2.33. The largest absolute Gasteiger partial charge is 0.506 e. The summed E-state index contributed by atoms with van der Waals surface area (Å²) in [6.07, 6.45) is 1.35. The SMILES string of the molecule is NC(=O)N/N=C\c1c(O)c(Br)cc2ccccc12. The number of phenolic OH excluding ortho intramolecular Hbond substituents is 1. The highest BCUT2D eigenvalue weighted by Crippen LogP contribution is 2.33. The molecule has 2 amide bonds. The molecule has 0 aromatic heterocycles. The fraction of sp³-hybridized carbons (Fsp3) is 0. The van der Waals surface area contributed by atoms with Crippen LogP contribution in [0.1, 0.15) is 5.56 Å². The van der Waals surface area contributed by atoms with Crippen LogP contribution in [0.15, 0.2) is 39.9 Å². The Morgan fingerprint density at radius 3 is 2.89 bits per heavy atom. The molecule has 0 fully saturated rings. The van der Waals surface area contributed by atoms with Gasteiger partial charge in [-0.1, -0.05) is 24.3 Å². The number of carbonyl (C=O) groups is 1. The van der Waals surface area contributed by atoms with Gasteiger partial charge in [-0.2, -0.15) is 5.10 Å². The summed E-state index contributed by atoms with van der Waals surface area (Å²) >= 11 is 3.26. The summed E-state index contributed by atoms with van der Waals surface area (Å²) < 4.78 is 0.557. The third-order valence-electron chi connectivity index (χ3n) is 2.38. The van der Waals surface area contributed by atoms with Crippen molar-refractivity contribution in [1.82, 2.24) is 5.43 Å². The number of carbonyl (C=O) groups excluding carboxylic acids is 1. The summed E-state index contributed by atoms with van der Waals surface area (Å²) in [5.74, 6) is 0.0590. The summed E-state index contributed by atoms with van der Waals surface area (Å²) in [4.78, 5) is 10.5. The molecule has 0 bridgehead atoms. The molecule has 0 heterocycles. The molecule has 2 aromatic carbocycles. The Morgan fingerprint density at radius 2 is 2.17 bits per heavy atom. The van der Waals surface area contributed by atoms with Crippen LogP contribution in [-0.2, 0) is 0 Å². The Balaban J connectivity index is 2.56. The molecule has 0 aliphatic heterocycles. The van der Waals surface area contributed by atoms with E-state index in [1.807, 2.05) is 30.3 Å². The number of urea groups is 1. The number of nitrogens with two attached hydrogens (primary N) is 1. The fourth-order valence-corrected chi connectivity index (χ4v) is 2.08. The molecule has 0 aliphatic carbocycles. The normalized spacial score (nSPS) is 10.9. The van der Waals surface area contributed by atoms with E-state index in [0.717, 1.165) is 10.8 Å². The van der Waals surface area contributed by atoms with Gasteiger partial charge in [0.25, 0.3) is 0 Å². The summed E-state index contributed by atoms with van der Waals surface area (Å²) in [7, 11) is 0. The first-order chi connectivity index (χ1) is 8.59. The Bertz CT molecular complexity index is 641. The van der Waals surface area contributed by atoms with Gasteiger partial charge in [-0.25, -0.2) is 10.2 Å². The number of primary amides is 1.